The second kappa shape index (κ2) is 7.60. The number of nitrogens with zero attached hydrogens (tertiary/aromatic N) is 1. The van der Waals surface area contributed by atoms with Gasteiger partial charge in [0.2, 0.25) is 0 Å². The molecule has 1 aliphatic rings. The zero-order valence-electron chi connectivity index (χ0n) is 10.8. The van der Waals surface area contributed by atoms with Crippen LogP contribution in [0.25, 0.3) is 0 Å². The lowest BCUT2D eigenvalue weighted by Crippen LogP contribution is -2.30. The minimum absolute atomic E-state index is 0.621. The van der Waals surface area contributed by atoms with E-state index < -0.39 is 0 Å². The largest absolute Gasteiger partial charge is 0.362 e. The molecule has 0 atom stereocenters. The normalized spacial score (nSPS) is 14.7. The van der Waals surface area contributed by atoms with Crippen LogP contribution in [0.3, 0.4) is 0 Å². The van der Waals surface area contributed by atoms with Crippen molar-refractivity contribution in [2.45, 2.75) is 32.1 Å². The molecule has 102 valence electrons. The van der Waals surface area contributed by atoms with Gasteiger partial charge in [0, 0.05) is 12.7 Å². The van der Waals surface area contributed by atoms with E-state index in [4.69, 9.17) is 12.2 Å². The molecule has 0 unspecified atom stereocenters. The molecule has 3 nitrogen and oxygen atoms in total. The minimum Gasteiger partial charge on any atom is -0.362 e. The number of aromatic nitrogens is 1. The van der Waals surface area contributed by atoms with E-state index in [0.717, 1.165) is 23.3 Å². The fourth-order valence-electron chi connectivity index (χ4n) is 2.10. The van der Waals surface area contributed by atoms with Crippen LogP contribution in [-0.4, -0.2) is 16.6 Å². The van der Waals surface area contributed by atoms with Gasteiger partial charge in [0.1, 0.15) is 5.82 Å². The molecule has 1 aliphatic carbocycles. The molecule has 0 spiro atoms. The van der Waals surface area contributed by atoms with E-state index in [2.05, 4.69) is 37.6 Å². The van der Waals surface area contributed by atoms with Gasteiger partial charge in [-0.25, -0.2) is 4.98 Å². The van der Waals surface area contributed by atoms with E-state index in [1.54, 1.807) is 11.8 Å². The van der Waals surface area contributed by atoms with Gasteiger partial charge in [0.25, 0.3) is 0 Å². The number of halogens is 1. The SMILES string of the molecule is S=C(NCCC1=CCCCC1)Nc1ncccc1Br. The lowest BCUT2D eigenvalue weighted by atomic mass is 9.97. The molecular formula is C14H18BrN3S. The second-order valence-electron chi connectivity index (χ2n) is 4.57. The summed E-state index contributed by atoms with van der Waals surface area (Å²) in [7, 11) is 0. The summed E-state index contributed by atoms with van der Waals surface area (Å²) in [4.78, 5) is 4.22. The minimum atomic E-state index is 0.621. The molecule has 5 heteroatoms. The zero-order valence-corrected chi connectivity index (χ0v) is 13.2. The summed E-state index contributed by atoms with van der Waals surface area (Å²) < 4.78 is 0.911. The molecule has 2 rings (SSSR count). The Morgan fingerprint density at radius 1 is 1.42 bits per heavy atom. The van der Waals surface area contributed by atoms with Crippen molar-refractivity contribution in [1.29, 1.82) is 0 Å². The van der Waals surface area contributed by atoms with Gasteiger partial charge in [-0.15, -0.1) is 0 Å². The van der Waals surface area contributed by atoms with Crippen molar-refractivity contribution < 1.29 is 0 Å². The number of nitrogens with one attached hydrogen (secondary N) is 2. The fraction of sp³-hybridized carbons (Fsp3) is 0.429. The van der Waals surface area contributed by atoms with Crippen LogP contribution in [0.1, 0.15) is 32.1 Å². The van der Waals surface area contributed by atoms with Crippen LogP contribution < -0.4 is 10.6 Å². The van der Waals surface area contributed by atoms with Gasteiger partial charge in [0.05, 0.1) is 4.47 Å². The van der Waals surface area contributed by atoms with E-state index in [-0.39, 0.29) is 0 Å². The summed E-state index contributed by atoms with van der Waals surface area (Å²) in [5.74, 6) is 0.747. The van der Waals surface area contributed by atoms with E-state index in [1.165, 1.54) is 25.7 Å². The molecule has 19 heavy (non-hydrogen) atoms. The third kappa shape index (κ3) is 4.91. The zero-order chi connectivity index (χ0) is 13.5. The van der Waals surface area contributed by atoms with Crippen molar-refractivity contribution in [2.24, 2.45) is 0 Å². The predicted octanol–water partition coefficient (Wildman–Crippen LogP) is 4.02. The topological polar surface area (TPSA) is 37.0 Å². The Labute approximate surface area is 128 Å². The summed E-state index contributed by atoms with van der Waals surface area (Å²) >= 11 is 8.69. The van der Waals surface area contributed by atoms with E-state index in [0.29, 0.717) is 5.11 Å². The van der Waals surface area contributed by atoms with Crippen LogP contribution in [-0.2, 0) is 0 Å². The van der Waals surface area contributed by atoms with Crippen molar-refractivity contribution in [3.05, 3.63) is 34.5 Å². The van der Waals surface area contributed by atoms with Gasteiger partial charge < -0.3 is 10.6 Å². The van der Waals surface area contributed by atoms with Gasteiger partial charge >= 0.3 is 0 Å². The number of allylic oxidation sites excluding steroid dienone is 1. The molecule has 0 saturated carbocycles. The molecule has 0 amide bonds. The highest BCUT2D eigenvalue weighted by Crippen LogP contribution is 2.20. The smallest absolute Gasteiger partial charge is 0.171 e. The van der Waals surface area contributed by atoms with Crippen molar-refractivity contribution in [1.82, 2.24) is 10.3 Å². The number of pyridine rings is 1. The molecular weight excluding hydrogens is 322 g/mol. The molecule has 0 bridgehead atoms. The lowest BCUT2D eigenvalue weighted by molar-refractivity contribution is 0.669. The maximum Gasteiger partial charge on any atom is 0.171 e. The first-order valence-corrected chi connectivity index (χ1v) is 7.79. The number of thiocarbonyl (C=S) groups is 1. The monoisotopic (exact) mass is 339 g/mol. The van der Waals surface area contributed by atoms with Gasteiger partial charge in [-0.3, -0.25) is 0 Å². The maximum absolute atomic E-state index is 5.26. The van der Waals surface area contributed by atoms with Crippen molar-refractivity contribution in [2.75, 3.05) is 11.9 Å². The Hall–Kier alpha value is -0.940. The molecule has 0 radical (unpaired) electrons. The summed E-state index contributed by atoms with van der Waals surface area (Å²) in [6.45, 7) is 0.877. The predicted molar refractivity (Wildman–Crippen MR) is 87.3 cm³/mol. The van der Waals surface area contributed by atoms with Gasteiger partial charge in [-0.2, -0.15) is 0 Å². The lowest BCUT2D eigenvalue weighted by Gasteiger charge is -2.14. The van der Waals surface area contributed by atoms with E-state index in [9.17, 15) is 0 Å². The Morgan fingerprint density at radius 2 is 2.32 bits per heavy atom. The molecule has 1 aromatic rings. The second-order valence-corrected chi connectivity index (χ2v) is 5.84. The number of hydrogen-bond acceptors (Lipinski definition) is 2. The Morgan fingerprint density at radius 3 is 3.05 bits per heavy atom. The van der Waals surface area contributed by atoms with Crippen LogP contribution in [0.2, 0.25) is 0 Å². The Balaban J connectivity index is 1.73. The third-order valence-corrected chi connectivity index (χ3v) is 3.99. The van der Waals surface area contributed by atoms with Crippen LogP contribution >= 0.6 is 28.1 Å². The number of rotatable bonds is 4. The van der Waals surface area contributed by atoms with E-state index in [1.807, 2.05) is 12.1 Å². The van der Waals surface area contributed by atoms with Crippen LogP contribution in [0.4, 0.5) is 5.82 Å². The van der Waals surface area contributed by atoms with Crippen molar-refractivity contribution in [3.63, 3.8) is 0 Å². The van der Waals surface area contributed by atoms with Gasteiger partial charge in [-0.1, -0.05) is 11.6 Å². The first-order chi connectivity index (χ1) is 9.25. The first-order valence-electron chi connectivity index (χ1n) is 6.59. The highest BCUT2D eigenvalue weighted by atomic mass is 79.9. The summed E-state index contributed by atoms with van der Waals surface area (Å²) in [6.07, 6.45) is 10.3. The number of hydrogen-bond donors (Lipinski definition) is 2. The average molecular weight is 340 g/mol. The van der Waals surface area contributed by atoms with Gasteiger partial charge in [0.15, 0.2) is 5.11 Å². The highest BCUT2D eigenvalue weighted by molar-refractivity contribution is 9.10. The number of anilines is 1. The quantitative estimate of drug-likeness (QED) is 0.641. The van der Waals surface area contributed by atoms with E-state index >= 15 is 0 Å². The Bertz CT molecular complexity index is 474. The van der Waals surface area contributed by atoms with Gasteiger partial charge in [-0.05, 0) is 72.4 Å². The molecule has 0 fully saturated rings. The Kier molecular flexibility index (Phi) is 5.79. The van der Waals surface area contributed by atoms with Crippen LogP contribution in [0.5, 0.6) is 0 Å². The molecule has 0 aromatic carbocycles. The highest BCUT2D eigenvalue weighted by Gasteiger charge is 2.05. The molecule has 2 N–H and O–H groups in total. The third-order valence-electron chi connectivity index (χ3n) is 3.11. The standard InChI is InChI=1S/C14H18BrN3S/c15-12-7-4-9-16-13(12)18-14(19)17-10-8-11-5-2-1-3-6-11/h4-5,7,9H,1-3,6,8,10H2,(H2,16,17,18,19). The first kappa shape index (κ1) is 14.5. The molecule has 1 heterocycles. The van der Waals surface area contributed by atoms with Crippen molar-refractivity contribution in [3.8, 4) is 0 Å². The van der Waals surface area contributed by atoms with Crippen molar-refractivity contribution >= 4 is 39.1 Å². The fourth-order valence-corrected chi connectivity index (χ4v) is 2.65. The van der Waals surface area contributed by atoms with Crippen LogP contribution in [0, 0.1) is 0 Å². The molecule has 0 aliphatic heterocycles. The summed E-state index contributed by atoms with van der Waals surface area (Å²) in [6, 6.07) is 3.81. The maximum atomic E-state index is 5.26. The summed E-state index contributed by atoms with van der Waals surface area (Å²) in [5, 5.41) is 6.94. The molecule has 0 saturated heterocycles. The summed E-state index contributed by atoms with van der Waals surface area (Å²) in [5.41, 5.74) is 1.56. The van der Waals surface area contributed by atoms with Crippen LogP contribution in [0.15, 0.2) is 34.5 Å². The molecule has 1 aromatic heterocycles. The average Bonchev–Trinajstić information content (AvgIpc) is 2.43.